The highest BCUT2D eigenvalue weighted by molar-refractivity contribution is 6.04. The zero-order chi connectivity index (χ0) is 17.8. The average Bonchev–Trinajstić information content (AvgIpc) is 3.25. The molecular formula is C18H23N3O4. The number of carbonyl (C=O) groups excluding carboxylic acids is 3. The van der Waals surface area contributed by atoms with Gasteiger partial charge in [0.15, 0.2) is 0 Å². The van der Waals surface area contributed by atoms with Crippen LogP contribution in [0.5, 0.6) is 5.75 Å². The molecule has 7 nitrogen and oxygen atoms in total. The van der Waals surface area contributed by atoms with Crippen LogP contribution in [0.25, 0.3) is 0 Å². The maximum atomic E-state index is 12.5. The lowest BCUT2D eigenvalue weighted by Gasteiger charge is -2.16. The number of urea groups is 1. The molecule has 0 aliphatic carbocycles. The van der Waals surface area contributed by atoms with E-state index >= 15 is 0 Å². The summed E-state index contributed by atoms with van der Waals surface area (Å²) < 4.78 is 5.10. The normalized spacial score (nSPS) is 20.1. The standard InChI is InChI=1S/C18H23N3O4/c1-25-14-6-4-13(5-7-14)12-21-17(23)15(19-18(21)24)8-9-16(22)20-10-2-3-11-20/h4-7,15H,2-3,8-12H2,1H3,(H,19,24)/t15-/m0/s1. The summed E-state index contributed by atoms with van der Waals surface area (Å²) in [6, 6.07) is 6.21. The van der Waals surface area contributed by atoms with Gasteiger partial charge in [-0.1, -0.05) is 12.1 Å². The maximum Gasteiger partial charge on any atom is 0.325 e. The average molecular weight is 345 g/mol. The molecule has 2 aliphatic heterocycles. The summed E-state index contributed by atoms with van der Waals surface area (Å²) in [4.78, 5) is 39.7. The van der Waals surface area contributed by atoms with E-state index in [0.717, 1.165) is 37.2 Å². The lowest BCUT2D eigenvalue weighted by Crippen LogP contribution is -2.33. The van der Waals surface area contributed by atoms with Crippen LogP contribution in [0.15, 0.2) is 24.3 Å². The molecule has 1 atom stereocenters. The molecule has 134 valence electrons. The first-order valence-corrected chi connectivity index (χ1v) is 8.61. The van der Waals surface area contributed by atoms with E-state index in [2.05, 4.69) is 5.32 Å². The number of methoxy groups -OCH3 is 1. The fourth-order valence-electron chi connectivity index (χ4n) is 3.23. The summed E-state index contributed by atoms with van der Waals surface area (Å²) in [5.74, 6) is 0.516. The van der Waals surface area contributed by atoms with Gasteiger partial charge in [0.2, 0.25) is 5.91 Å². The zero-order valence-corrected chi connectivity index (χ0v) is 14.4. The van der Waals surface area contributed by atoms with E-state index in [1.807, 2.05) is 17.0 Å². The molecule has 0 bridgehead atoms. The summed E-state index contributed by atoms with van der Waals surface area (Å²) in [6.45, 7) is 1.81. The van der Waals surface area contributed by atoms with Gasteiger partial charge in [-0.25, -0.2) is 4.79 Å². The Labute approximate surface area is 146 Å². The van der Waals surface area contributed by atoms with E-state index in [1.54, 1.807) is 19.2 Å². The number of likely N-dealkylation sites (tertiary alicyclic amines) is 1. The van der Waals surface area contributed by atoms with Gasteiger partial charge in [0.05, 0.1) is 13.7 Å². The van der Waals surface area contributed by atoms with Crippen molar-refractivity contribution in [3.8, 4) is 5.75 Å². The quantitative estimate of drug-likeness (QED) is 0.793. The van der Waals surface area contributed by atoms with Gasteiger partial charge >= 0.3 is 6.03 Å². The molecule has 2 heterocycles. The number of benzene rings is 1. The van der Waals surface area contributed by atoms with E-state index < -0.39 is 12.1 Å². The zero-order valence-electron chi connectivity index (χ0n) is 14.4. The molecule has 0 radical (unpaired) electrons. The van der Waals surface area contributed by atoms with Gasteiger partial charge in [-0.15, -0.1) is 0 Å². The van der Waals surface area contributed by atoms with E-state index in [1.165, 1.54) is 4.90 Å². The summed E-state index contributed by atoms with van der Waals surface area (Å²) in [5, 5.41) is 2.68. The Balaban J connectivity index is 1.54. The summed E-state index contributed by atoms with van der Waals surface area (Å²) in [6.07, 6.45) is 2.72. The van der Waals surface area contributed by atoms with Crippen molar-refractivity contribution in [2.75, 3.05) is 20.2 Å². The maximum absolute atomic E-state index is 12.5. The first-order chi connectivity index (χ1) is 12.1. The fraction of sp³-hybridized carbons (Fsp3) is 0.500. The van der Waals surface area contributed by atoms with Gasteiger partial charge in [0.1, 0.15) is 11.8 Å². The monoisotopic (exact) mass is 345 g/mol. The molecule has 0 saturated carbocycles. The van der Waals surface area contributed by atoms with Crippen LogP contribution in [0.2, 0.25) is 0 Å². The molecule has 0 spiro atoms. The van der Waals surface area contributed by atoms with Crippen LogP contribution >= 0.6 is 0 Å². The summed E-state index contributed by atoms with van der Waals surface area (Å²) >= 11 is 0. The van der Waals surface area contributed by atoms with Crippen molar-refractivity contribution in [1.82, 2.24) is 15.1 Å². The smallest absolute Gasteiger partial charge is 0.325 e. The van der Waals surface area contributed by atoms with Gasteiger partial charge in [0.25, 0.3) is 5.91 Å². The van der Waals surface area contributed by atoms with Crippen LogP contribution in [-0.4, -0.2) is 53.9 Å². The van der Waals surface area contributed by atoms with E-state index in [0.29, 0.717) is 6.42 Å². The SMILES string of the molecule is COc1ccc(CN2C(=O)N[C@@H](CCC(=O)N3CCCC3)C2=O)cc1. The molecule has 2 aliphatic rings. The van der Waals surface area contributed by atoms with Crippen LogP contribution in [0.3, 0.4) is 0 Å². The Morgan fingerprint density at radius 1 is 1.20 bits per heavy atom. The minimum atomic E-state index is -0.614. The number of hydrogen-bond donors (Lipinski definition) is 1. The number of carbonyl (C=O) groups is 3. The van der Waals surface area contributed by atoms with Crippen LogP contribution < -0.4 is 10.1 Å². The largest absolute Gasteiger partial charge is 0.497 e. The van der Waals surface area contributed by atoms with Gasteiger partial charge in [-0.05, 0) is 37.0 Å². The van der Waals surface area contributed by atoms with Gasteiger partial charge < -0.3 is 15.0 Å². The Morgan fingerprint density at radius 3 is 2.52 bits per heavy atom. The fourth-order valence-corrected chi connectivity index (χ4v) is 3.23. The number of amides is 4. The van der Waals surface area contributed by atoms with Crippen molar-refractivity contribution >= 4 is 17.8 Å². The number of nitrogens with one attached hydrogen (secondary N) is 1. The Bertz CT molecular complexity index is 653. The molecule has 0 unspecified atom stereocenters. The first kappa shape index (κ1) is 17.3. The Morgan fingerprint density at radius 2 is 1.88 bits per heavy atom. The third kappa shape index (κ3) is 3.92. The molecule has 25 heavy (non-hydrogen) atoms. The van der Waals surface area contributed by atoms with Crippen LogP contribution in [0.1, 0.15) is 31.2 Å². The summed E-state index contributed by atoms with van der Waals surface area (Å²) in [7, 11) is 1.58. The van der Waals surface area contributed by atoms with Crippen molar-refractivity contribution in [2.24, 2.45) is 0 Å². The van der Waals surface area contributed by atoms with Crippen molar-refractivity contribution in [3.05, 3.63) is 29.8 Å². The van der Waals surface area contributed by atoms with Crippen molar-refractivity contribution < 1.29 is 19.1 Å². The Hall–Kier alpha value is -2.57. The highest BCUT2D eigenvalue weighted by Gasteiger charge is 2.38. The molecule has 4 amide bonds. The molecule has 1 aromatic carbocycles. The molecule has 0 aromatic heterocycles. The number of imide groups is 1. The molecule has 1 N–H and O–H groups in total. The molecule has 2 saturated heterocycles. The number of hydrogen-bond acceptors (Lipinski definition) is 4. The second kappa shape index (κ2) is 7.55. The van der Waals surface area contributed by atoms with Crippen molar-refractivity contribution in [2.45, 2.75) is 38.3 Å². The number of nitrogens with zero attached hydrogens (tertiary/aromatic N) is 2. The van der Waals surface area contributed by atoms with Gasteiger partial charge in [-0.2, -0.15) is 0 Å². The third-order valence-corrected chi connectivity index (χ3v) is 4.71. The topological polar surface area (TPSA) is 79.0 Å². The van der Waals surface area contributed by atoms with E-state index in [9.17, 15) is 14.4 Å². The molecule has 1 aromatic rings. The second-order valence-corrected chi connectivity index (χ2v) is 6.40. The van der Waals surface area contributed by atoms with Crippen molar-refractivity contribution in [1.29, 1.82) is 0 Å². The highest BCUT2D eigenvalue weighted by Crippen LogP contribution is 2.18. The van der Waals surface area contributed by atoms with E-state index in [-0.39, 0.29) is 24.8 Å². The minimum Gasteiger partial charge on any atom is -0.497 e. The molecule has 2 fully saturated rings. The number of ether oxygens (including phenoxy) is 1. The van der Waals surface area contributed by atoms with Crippen LogP contribution in [0.4, 0.5) is 4.79 Å². The Kier molecular flexibility index (Phi) is 5.21. The third-order valence-electron chi connectivity index (χ3n) is 4.71. The lowest BCUT2D eigenvalue weighted by molar-refractivity contribution is -0.131. The minimum absolute atomic E-state index is 0.0631. The van der Waals surface area contributed by atoms with E-state index in [4.69, 9.17) is 4.74 Å². The predicted molar refractivity (Wildman–Crippen MR) is 90.9 cm³/mol. The van der Waals surface area contributed by atoms with Crippen LogP contribution in [-0.2, 0) is 16.1 Å². The molecule has 3 rings (SSSR count). The van der Waals surface area contributed by atoms with Gasteiger partial charge in [-0.3, -0.25) is 14.5 Å². The molecular weight excluding hydrogens is 322 g/mol. The molecule has 7 heteroatoms. The first-order valence-electron chi connectivity index (χ1n) is 8.61. The van der Waals surface area contributed by atoms with Gasteiger partial charge in [0, 0.05) is 19.5 Å². The highest BCUT2D eigenvalue weighted by atomic mass is 16.5. The summed E-state index contributed by atoms with van der Waals surface area (Å²) in [5.41, 5.74) is 0.845. The predicted octanol–water partition coefficient (Wildman–Crippen LogP) is 1.52. The second-order valence-electron chi connectivity index (χ2n) is 6.40. The number of rotatable bonds is 6. The van der Waals surface area contributed by atoms with Crippen molar-refractivity contribution in [3.63, 3.8) is 0 Å². The van der Waals surface area contributed by atoms with Crippen LogP contribution in [0, 0.1) is 0 Å². The lowest BCUT2D eigenvalue weighted by atomic mass is 10.1.